The fourth-order valence-electron chi connectivity index (χ4n) is 4.43. The molecule has 1 unspecified atom stereocenters. The van der Waals surface area contributed by atoms with Gasteiger partial charge in [-0.05, 0) is 49.6 Å². The quantitative estimate of drug-likeness (QED) is 0.659. The third kappa shape index (κ3) is 3.11. The summed E-state index contributed by atoms with van der Waals surface area (Å²) in [6.07, 6.45) is 4.00. The highest BCUT2D eigenvalue weighted by Crippen LogP contribution is 2.42. The Morgan fingerprint density at radius 1 is 0.967 bits per heavy atom. The molecule has 1 aliphatic carbocycles. The van der Waals surface area contributed by atoms with E-state index in [4.69, 9.17) is 0 Å². The highest BCUT2D eigenvalue weighted by Gasteiger charge is 2.39. The van der Waals surface area contributed by atoms with Crippen LogP contribution in [0, 0.1) is 6.92 Å². The summed E-state index contributed by atoms with van der Waals surface area (Å²) in [4.78, 5) is 29.5. The second-order valence-electron chi connectivity index (χ2n) is 8.25. The zero-order valence-corrected chi connectivity index (χ0v) is 17.3. The van der Waals surface area contributed by atoms with Crippen molar-refractivity contribution >= 4 is 17.5 Å². The first-order valence-corrected chi connectivity index (χ1v) is 10.5. The van der Waals surface area contributed by atoms with E-state index in [1.807, 2.05) is 41.4 Å². The molecule has 2 amide bonds. The molecule has 2 aromatic carbocycles. The van der Waals surface area contributed by atoms with Gasteiger partial charge in [-0.15, -0.1) is 0 Å². The summed E-state index contributed by atoms with van der Waals surface area (Å²) in [5.74, 6) is -0.0889. The van der Waals surface area contributed by atoms with E-state index >= 15 is 0 Å². The normalized spacial score (nSPS) is 17.3. The van der Waals surface area contributed by atoms with Gasteiger partial charge in [-0.3, -0.25) is 14.5 Å². The van der Waals surface area contributed by atoms with Crippen molar-refractivity contribution in [3.8, 4) is 5.69 Å². The van der Waals surface area contributed by atoms with Gasteiger partial charge in [-0.2, -0.15) is 0 Å². The first-order valence-electron chi connectivity index (χ1n) is 10.5. The highest BCUT2D eigenvalue weighted by atomic mass is 16.2. The van der Waals surface area contributed by atoms with Crippen LogP contribution in [0.2, 0.25) is 0 Å². The van der Waals surface area contributed by atoms with E-state index in [1.165, 1.54) is 5.56 Å². The van der Waals surface area contributed by atoms with Crippen LogP contribution >= 0.6 is 0 Å². The van der Waals surface area contributed by atoms with E-state index in [9.17, 15) is 9.59 Å². The minimum atomic E-state index is -0.240. The van der Waals surface area contributed by atoms with Crippen LogP contribution in [0.15, 0.2) is 66.9 Å². The van der Waals surface area contributed by atoms with Crippen LogP contribution in [0.25, 0.3) is 5.69 Å². The highest BCUT2D eigenvalue weighted by molar-refractivity contribution is 6.00. The second-order valence-corrected chi connectivity index (χ2v) is 8.25. The first kappa shape index (κ1) is 18.7. The van der Waals surface area contributed by atoms with Crippen molar-refractivity contribution in [3.63, 3.8) is 0 Å². The van der Waals surface area contributed by atoms with Gasteiger partial charge in [0.2, 0.25) is 11.8 Å². The molecule has 2 heterocycles. The van der Waals surface area contributed by atoms with Crippen molar-refractivity contribution in [1.82, 2.24) is 9.47 Å². The smallest absolute Gasteiger partial charge is 0.247 e. The van der Waals surface area contributed by atoms with E-state index in [0.29, 0.717) is 0 Å². The van der Waals surface area contributed by atoms with Crippen LogP contribution in [0.1, 0.15) is 42.6 Å². The molecule has 30 heavy (non-hydrogen) atoms. The fraction of sp³-hybridized carbons (Fsp3) is 0.280. The molecule has 5 nitrogen and oxygen atoms in total. The summed E-state index contributed by atoms with van der Waals surface area (Å²) in [6, 6.07) is 20.4. The van der Waals surface area contributed by atoms with Gasteiger partial charge in [0.1, 0.15) is 12.6 Å². The lowest BCUT2D eigenvalue weighted by Gasteiger charge is -2.39. The van der Waals surface area contributed by atoms with E-state index in [-0.39, 0.29) is 30.4 Å². The Kier molecular flexibility index (Phi) is 4.46. The minimum absolute atomic E-state index is 0.0357. The van der Waals surface area contributed by atoms with Crippen LogP contribution < -0.4 is 4.90 Å². The second kappa shape index (κ2) is 7.17. The van der Waals surface area contributed by atoms with Gasteiger partial charge in [-0.25, -0.2) is 0 Å². The number of fused-ring (bicyclic) bond motifs is 3. The fourth-order valence-corrected chi connectivity index (χ4v) is 4.43. The average Bonchev–Trinajstić information content (AvgIpc) is 3.46. The van der Waals surface area contributed by atoms with Crippen molar-refractivity contribution in [2.75, 3.05) is 11.4 Å². The van der Waals surface area contributed by atoms with Crippen LogP contribution in [0.4, 0.5) is 5.69 Å². The molecule has 1 fully saturated rings. The van der Waals surface area contributed by atoms with Crippen molar-refractivity contribution in [3.05, 3.63) is 83.7 Å². The summed E-state index contributed by atoms with van der Waals surface area (Å²) in [6.45, 7) is 3.72. The van der Waals surface area contributed by atoms with E-state index in [0.717, 1.165) is 35.5 Å². The summed E-state index contributed by atoms with van der Waals surface area (Å²) >= 11 is 0. The molecule has 0 radical (unpaired) electrons. The van der Waals surface area contributed by atoms with Gasteiger partial charge in [0, 0.05) is 19.2 Å². The monoisotopic (exact) mass is 399 g/mol. The van der Waals surface area contributed by atoms with Crippen molar-refractivity contribution in [1.29, 1.82) is 0 Å². The molecule has 5 heteroatoms. The molecule has 0 N–H and O–H groups in total. The number of anilines is 1. The zero-order valence-electron chi connectivity index (χ0n) is 17.3. The van der Waals surface area contributed by atoms with Crippen LogP contribution in [-0.4, -0.2) is 33.9 Å². The number of amides is 2. The Morgan fingerprint density at radius 3 is 2.33 bits per heavy atom. The van der Waals surface area contributed by atoms with Crippen molar-refractivity contribution in [2.24, 2.45) is 0 Å². The number of rotatable bonds is 4. The maximum atomic E-state index is 13.7. The standard InChI is InChI=1S/C25H25N3O2/c1-17-9-11-19(12-10-17)25-23-8-5-15-26(23)21-6-3-4-7-22(21)28(25)24(30)16-27(18(2)29)20-13-14-20/h3-12,15,20,25H,13-14,16H2,1-2H3. The van der Waals surface area contributed by atoms with Crippen molar-refractivity contribution < 1.29 is 9.59 Å². The topological polar surface area (TPSA) is 45.6 Å². The molecule has 0 saturated heterocycles. The Labute approximate surface area is 176 Å². The lowest BCUT2D eigenvalue weighted by atomic mass is 9.97. The number of carbonyl (C=O) groups is 2. The molecule has 1 atom stereocenters. The number of hydrogen-bond donors (Lipinski definition) is 0. The maximum Gasteiger partial charge on any atom is 0.247 e. The third-order valence-electron chi connectivity index (χ3n) is 6.08. The van der Waals surface area contributed by atoms with E-state index in [1.54, 1.807) is 11.8 Å². The number of aryl methyl sites for hydroxylation is 1. The molecule has 0 spiro atoms. The third-order valence-corrected chi connectivity index (χ3v) is 6.08. The van der Waals surface area contributed by atoms with Gasteiger partial charge >= 0.3 is 0 Å². The van der Waals surface area contributed by atoms with Crippen LogP contribution in [0.5, 0.6) is 0 Å². The Bertz CT molecular complexity index is 1110. The molecule has 2 aliphatic rings. The average molecular weight is 399 g/mol. The lowest BCUT2D eigenvalue weighted by molar-refractivity contribution is -0.134. The van der Waals surface area contributed by atoms with Gasteiger partial charge in [-0.1, -0.05) is 42.0 Å². The Balaban J connectivity index is 1.62. The zero-order chi connectivity index (χ0) is 20.8. The summed E-state index contributed by atoms with van der Waals surface area (Å²) < 4.78 is 2.16. The van der Waals surface area contributed by atoms with Gasteiger partial charge in [0.25, 0.3) is 0 Å². The molecule has 1 aromatic heterocycles. The SMILES string of the molecule is CC(=O)N(CC(=O)N1c2ccccc2-n2cccc2C1c1ccc(C)cc1)C1CC1. The lowest BCUT2D eigenvalue weighted by Crippen LogP contribution is -2.47. The molecule has 3 aromatic rings. The molecule has 1 saturated carbocycles. The van der Waals surface area contributed by atoms with Crippen LogP contribution in [-0.2, 0) is 9.59 Å². The maximum absolute atomic E-state index is 13.7. The van der Waals surface area contributed by atoms with E-state index in [2.05, 4.69) is 41.8 Å². The largest absolute Gasteiger partial charge is 0.331 e. The molecule has 0 bridgehead atoms. The first-order chi connectivity index (χ1) is 14.5. The number of hydrogen-bond acceptors (Lipinski definition) is 2. The van der Waals surface area contributed by atoms with Crippen LogP contribution in [0.3, 0.4) is 0 Å². The molecule has 1 aliphatic heterocycles. The Morgan fingerprint density at radius 2 is 1.67 bits per heavy atom. The number of benzene rings is 2. The summed E-state index contributed by atoms with van der Waals surface area (Å²) in [5.41, 5.74) is 5.14. The number of nitrogens with zero attached hydrogens (tertiary/aromatic N) is 3. The van der Waals surface area contributed by atoms with Gasteiger partial charge in [0.15, 0.2) is 0 Å². The van der Waals surface area contributed by atoms with Gasteiger partial charge < -0.3 is 9.47 Å². The number of para-hydroxylation sites is 2. The Hall–Kier alpha value is -3.34. The van der Waals surface area contributed by atoms with Crippen molar-refractivity contribution in [2.45, 2.75) is 38.8 Å². The van der Waals surface area contributed by atoms with Gasteiger partial charge in [0.05, 0.1) is 17.1 Å². The molecule has 152 valence electrons. The number of carbonyl (C=O) groups excluding carboxylic acids is 2. The van der Waals surface area contributed by atoms with E-state index < -0.39 is 0 Å². The predicted octanol–water partition coefficient (Wildman–Crippen LogP) is 4.23. The summed E-state index contributed by atoms with van der Waals surface area (Å²) in [5, 5.41) is 0. The minimum Gasteiger partial charge on any atom is -0.331 e. The molecular formula is C25H25N3O2. The molecule has 5 rings (SSSR count). The summed E-state index contributed by atoms with van der Waals surface area (Å²) in [7, 11) is 0. The molecular weight excluding hydrogens is 374 g/mol. The predicted molar refractivity (Wildman–Crippen MR) is 117 cm³/mol. The number of aromatic nitrogens is 1.